The van der Waals surface area contributed by atoms with E-state index in [1.54, 1.807) is 0 Å². The number of aliphatic hydroxyl groups is 1. The average molecular weight is 212 g/mol. The van der Waals surface area contributed by atoms with Crippen LogP contribution in [0.5, 0.6) is 0 Å². The Morgan fingerprint density at radius 2 is 1.80 bits per heavy atom. The zero-order valence-electron chi connectivity index (χ0n) is 9.42. The van der Waals surface area contributed by atoms with Gasteiger partial charge in [0.2, 0.25) is 0 Å². The Labute approximate surface area is 90.8 Å². The van der Waals surface area contributed by atoms with E-state index in [0.717, 1.165) is 44.9 Å². The van der Waals surface area contributed by atoms with E-state index in [1.807, 2.05) is 6.92 Å². The van der Waals surface area contributed by atoms with E-state index in [9.17, 15) is 9.90 Å². The van der Waals surface area contributed by atoms with E-state index in [0.29, 0.717) is 6.61 Å². The summed E-state index contributed by atoms with van der Waals surface area (Å²) in [5, 5.41) is 10.5. The molecular weight excluding hydrogens is 192 g/mol. The van der Waals surface area contributed by atoms with Crippen LogP contribution < -0.4 is 0 Å². The fourth-order valence-electron chi connectivity index (χ4n) is 3.10. The van der Waals surface area contributed by atoms with Crippen LogP contribution in [0.1, 0.15) is 51.9 Å². The minimum absolute atomic E-state index is 0.162. The molecule has 1 N–H and O–H groups in total. The number of ether oxygens (including phenoxy) is 1. The summed E-state index contributed by atoms with van der Waals surface area (Å²) < 4.78 is 5.15. The van der Waals surface area contributed by atoms with Crippen molar-refractivity contribution in [3.05, 3.63) is 0 Å². The van der Waals surface area contributed by atoms with E-state index in [-0.39, 0.29) is 5.97 Å². The van der Waals surface area contributed by atoms with Gasteiger partial charge in [-0.15, -0.1) is 0 Å². The summed E-state index contributed by atoms with van der Waals surface area (Å²) in [6.07, 6.45) is 6.28. The Morgan fingerprint density at radius 3 is 2.20 bits per heavy atom. The Kier molecular flexibility index (Phi) is 2.75. The smallest absolute Gasteiger partial charge is 0.314 e. The monoisotopic (exact) mass is 212 g/mol. The summed E-state index contributed by atoms with van der Waals surface area (Å²) in [4.78, 5) is 12.0. The quantitative estimate of drug-likeness (QED) is 0.728. The molecule has 0 aliphatic heterocycles. The average Bonchev–Trinajstić information content (AvgIpc) is 2.64. The van der Waals surface area contributed by atoms with E-state index < -0.39 is 11.0 Å². The van der Waals surface area contributed by atoms with Crippen LogP contribution in [0.4, 0.5) is 0 Å². The molecule has 2 fully saturated rings. The fraction of sp³-hybridized carbons (Fsp3) is 0.917. The van der Waals surface area contributed by atoms with Crippen molar-refractivity contribution >= 4 is 5.97 Å². The Hall–Kier alpha value is -0.570. The van der Waals surface area contributed by atoms with Gasteiger partial charge in [0, 0.05) is 0 Å². The van der Waals surface area contributed by atoms with Crippen LogP contribution in [-0.4, -0.2) is 23.3 Å². The molecule has 0 saturated heterocycles. The van der Waals surface area contributed by atoms with Gasteiger partial charge in [0.05, 0.1) is 17.6 Å². The van der Waals surface area contributed by atoms with Crippen molar-refractivity contribution in [3.8, 4) is 0 Å². The summed E-state index contributed by atoms with van der Waals surface area (Å²) in [6, 6.07) is 0. The summed E-state index contributed by atoms with van der Waals surface area (Å²) in [6.45, 7) is 2.24. The van der Waals surface area contributed by atoms with Gasteiger partial charge in [-0.1, -0.05) is 12.8 Å². The van der Waals surface area contributed by atoms with Gasteiger partial charge in [-0.2, -0.15) is 0 Å². The first-order valence-electron chi connectivity index (χ1n) is 6.04. The second-order valence-electron chi connectivity index (χ2n) is 4.89. The third-order valence-electron chi connectivity index (χ3n) is 4.19. The zero-order chi connectivity index (χ0) is 10.9. The van der Waals surface area contributed by atoms with Crippen molar-refractivity contribution in [2.45, 2.75) is 57.5 Å². The second-order valence-corrected chi connectivity index (χ2v) is 4.89. The molecule has 15 heavy (non-hydrogen) atoms. The molecule has 0 spiro atoms. The van der Waals surface area contributed by atoms with Gasteiger partial charge in [0.1, 0.15) is 0 Å². The van der Waals surface area contributed by atoms with Crippen molar-refractivity contribution in [2.24, 2.45) is 5.41 Å². The molecule has 0 aromatic rings. The number of hydrogen-bond donors (Lipinski definition) is 1. The van der Waals surface area contributed by atoms with Crippen LogP contribution >= 0.6 is 0 Å². The highest BCUT2D eigenvalue weighted by molar-refractivity contribution is 5.79. The van der Waals surface area contributed by atoms with Crippen LogP contribution in [0.3, 0.4) is 0 Å². The van der Waals surface area contributed by atoms with E-state index >= 15 is 0 Å². The van der Waals surface area contributed by atoms with Crippen molar-refractivity contribution < 1.29 is 14.6 Å². The van der Waals surface area contributed by atoms with Crippen LogP contribution in [0.2, 0.25) is 0 Å². The minimum atomic E-state index is -0.754. The van der Waals surface area contributed by atoms with Crippen LogP contribution in [-0.2, 0) is 9.53 Å². The molecule has 3 heteroatoms. The Morgan fingerprint density at radius 1 is 1.20 bits per heavy atom. The molecule has 2 rings (SSSR count). The van der Waals surface area contributed by atoms with Crippen molar-refractivity contribution in [1.82, 2.24) is 0 Å². The normalized spacial score (nSPS) is 27.1. The molecule has 2 aliphatic rings. The largest absolute Gasteiger partial charge is 0.465 e. The molecule has 0 amide bonds. The molecule has 3 nitrogen and oxygen atoms in total. The lowest BCUT2D eigenvalue weighted by Crippen LogP contribution is -2.56. The van der Waals surface area contributed by atoms with Crippen LogP contribution in [0, 0.1) is 5.41 Å². The maximum atomic E-state index is 12.0. The highest BCUT2D eigenvalue weighted by Gasteiger charge is 2.60. The van der Waals surface area contributed by atoms with Gasteiger partial charge < -0.3 is 9.84 Å². The Balaban J connectivity index is 2.20. The van der Waals surface area contributed by atoms with Gasteiger partial charge in [-0.05, 0) is 39.0 Å². The topological polar surface area (TPSA) is 46.5 Å². The first-order chi connectivity index (χ1) is 7.15. The fourth-order valence-corrected chi connectivity index (χ4v) is 3.10. The van der Waals surface area contributed by atoms with E-state index in [2.05, 4.69) is 0 Å². The lowest BCUT2D eigenvalue weighted by atomic mass is 9.60. The standard InChI is InChI=1S/C12H20O3/c1-2-15-10(13)11(6-3-4-7-11)12(14)8-5-9-12/h14H,2-9H2,1H3. The Bertz CT molecular complexity index is 250. The first-order valence-corrected chi connectivity index (χ1v) is 6.04. The van der Waals surface area contributed by atoms with Gasteiger partial charge in [-0.25, -0.2) is 0 Å². The lowest BCUT2D eigenvalue weighted by molar-refractivity contribution is -0.189. The molecule has 0 unspecified atom stereocenters. The molecule has 2 saturated carbocycles. The summed E-state index contributed by atoms with van der Waals surface area (Å²) >= 11 is 0. The molecule has 0 aromatic heterocycles. The van der Waals surface area contributed by atoms with Crippen LogP contribution in [0.15, 0.2) is 0 Å². The summed E-state index contributed by atoms with van der Waals surface area (Å²) in [5.41, 5.74) is -1.32. The zero-order valence-corrected chi connectivity index (χ0v) is 9.42. The van der Waals surface area contributed by atoms with E-state index in [1.165, 1.54) is 0 Å². The van der Waals surface area contributed by atoms with Crippen molar-refractivity contribution in [1.29, 1.82) is 0 Å². The highest BCUT2D eigenvalue weighted by Crippen LogP contribution is 2.55. The van der Waals surface area contributed by atoms with Crippen molar-refractivity contribution in [2.75, 3.05) is 6.61 Å². The third kappa shape index (κ3) is 1.48. The summed E-state index contributed by atoms with van der Waals surface area (Å²) in [5.74, 6) is -0.162. The number of hydrogen-bond acceptors (Lipinski definition) is 3. The lowest BCUT2D eigenvalue weighted by Gasteiger charge is -2.49. The SMILES string of the molecule is CCOC(=O)C1(C2(O)CCC2)CCCC1. The molecule has 2 aliphatic carbocycles. The van der Waals surface area contributed by atoms with Crippen molar-refractivity contribution in [3.63, 3.8) is 0 Å². The molecule has 0 heterocycles. The third-order valence-corrected chi connectivity index (χ3v) is 4.19. The van der Waals surface area contributed by atoms with Gasteiger partial charge >= 0.3 is 5.97 Å². The first kappa shape index (κ1) is 10.9. The van der Waals surface area contributed by atoms with Gasteiger partial charge in [-0.3, -0.25) is 4.79 Å². The maximum Gasteiger partial charge on any atom is 0.314 e. The molecular formula is C12H20O3. The number of carbonyl (C=O) groups excluding carboxylic acids is 1. The van der Waals surface area contributed by atoms with E-state index in [4.69, 9.17) is 4.74 Å². The predicted molar refractivity (Wildman–Crippen MR) is 56.3 cm³/mol. The van der Waals surface area contributed by atoms with Crippen LogP contribution in [0.25, 0.3) is 0 Å². The predicted octanol–water partition coefficient (Wildman–Crippen LogP) is 2.02. The molecule has 0 bridgehead atoms. The summed E-state index contributed by atoms with van der Waals surface area (Å²) in [7, 11) is 0. The number of rotatable bonds is 3. The molecule has 0 atom stereocenters. The number of carbonyl (C=O) groups is 1. The number of esters is 1. The molecule has 0 radical (unpaired) electrons. The minimum Gasteiger partial charge on any atom is -0.465 e. The molecule has 0 aromatic carbocycles. The van der Waals surface area contributed by atoms with Gasteiger partial charge in [0.25, 0.3) is 0 Å². The molecule has 86 valence electrons. The van der Waals surface area contributed by atoms with Gasteiger partial charge in [0.15, 0.2) is 0 Å². The second kappa shape index (κ2) is 3.78. The maximum absolute atomic E-state index is 12.0. The highest BCUT2D eigenvalue weighted by atomic mass is 16.5.